The second-order valence-electron chi connectivity index (χ2n) is 6.11. The second-order valence-corrected chi connectivity index (χ2v) is 6.11. The highest BCUT2D eigenvalue weighted by Gasteiger charge is 2.37. The lowest BCUT2D eigenvalue weighted by Crippen LogP contribution is -2.35. The van der Waals surface area contributed by atoms with Crippen molar-refractivity contribution in [2.75, 3.05) is 13.6 Å². The summed E-state index contributed by atoms with van der Waals surface area (Å²) in [7, 11) is 2.03. The van der Waals surface area contributed by atoms with Crippen LogP contribution in [0, 0.1) is 0 Å². The van der Waals surface area contributed by atoms with Gasteiger partial charge in [0.05, 0.1) is 0 Å². The Balaban J connectivity index is 2.13. The fourth-order valence-electron chi connectivity index (χ4n) is 3.78. The number of phenolic OH excluding ortho intramolecular Hbond substituents is 4. The molecule has 2 aliphatic rings. The van der Waals surface area contributed by atoms with Crippen LogP contribution in [0.4, 0.5) is 0 Å². The molecule has 5 heteroatoms. The summed E-state index contributed by atoms with van der Waals surface area (Å²) >= 11 is 0. The third-order valence-electron chi connectivity index (χ3n) is 4.91. The van der Waals surface area contributed by atoms with Crippen molar-refractivity contribution in [3.05, 3.63) is 34.9 Å². The molecule has 1 unspecified atom stereocenters. The average Bonchev–Trinajstić information content (AvgIpc) is 2.50. The highest BCUT2D eigenvalue weighted by atomic mass is 16.3. The van der Waals surface area contributed by atoms with Gasteiger partial charge < -0.3 is 20.4 Å². The van der Waals surface area contributed by atoms with Gasteiger partial charge in [0.15, 0.2) is 23.0 Å². The topological polar surface area (TPSA) is 84.2 Å². The second kappa shape index (κ2) is 4.30. The third-order valence-corrected chi connectivity index (χ3v) is 4.91. The van der Waals surface area contributed by atoms with Gasteiger partial charge in [0, 0.05) is 23.7 Å². The van der Waals surface area contributed by atoms with E-state index in [1.54, 1.807) is 12.1 Å². The van der Waals surface area contributed by atoms with Gasteiger partial charge in [-0.1, -0.05) is 6.07 Å². The van der Waals surface area contributed by atoms with Crippen molar-refractivity contribution in [3.8, 4) is 34.1 Å². The number of hydrogen-bond acceptors (Lipinski definition) is 5. The van der Waals surface area contributed by atoms with Crippen LogP contribution >= 0.6 is 0 Å². The lowest BCUT2D eigenvalue weighted by atomic mass is 9.76. The van der Waals surface area contributed by atoms with Crippen molar-refractivity contribution >= 4 is 0 Å². The van der Waals surface area contributed by atoms with E-state index in [1.807, 2.05) is 7.05 Å². The van der Waals surface area contributed by atoms with Gasteiger partial charge in [-0.2, -0.15) is 0 Å². The fraction of sp³-hybridized carbons (Fsp3) is 0.294. The van der Waals surface area contributed by atoms with E-state index in [0.29, 0.717) is 17.5 Å². The number of aromatic hydroxyl groups is 4. The highest BCUT2D eigenvalue weighted by molar-refractivity contribution is 5.87. The molecule has 22 heavy (non-hydrogen) atoms. The minimum atomic E-state index is -0.243. The molecule has 1 atom stereocenters. The summed E-state index contributed by atoms with van der Waals surface area (Å²) in [6.45, 7) is 0.876. The van der Waals surface area contributed by atoms with Gasteiger partial charge in [-0.15, -0.1) is 0 Å². The minimum Gasteiger partial charge on any atom is -0.504 e. The van der Waals surface area contributed by atoms with E-state index in [-0.39, 0.29) is 29.0 Å². The molecule has 5 nitrogen and oxygen atoms in total. The Bertz CT molecular complexity index is 800. The van der Waals surface area contributed by atoms with Crippen LogP contribution in [0.5, 0.6) is 23.0 Å². The number of hydrogen-bond donors (Lipinski definition) is 4. The van der Waals surface area contributed by atoms with Crippen molar-refractivity contribution in [3.63, 3.8) is 0 Å². The molecule has 0 saturated carbocycles. The monoisotopic (exact) mass is 299 g/mol. The number of likely N-dealkylation sites (N-methyl/N-ethyl adjacent to an activating group) is 1. The Morgan fingerprint density at radius 1 is 0.955 bits per heavy atom. The van der Waals surface area contributed by atoms with Gasteiger partial charge in [0.2, 0.25) is 0 Å². The Morgan fingerprint density at radius 2 is 1.68 bits per heavy atom. The van der Waals surface area contributed by atoms with E-state index in [9.17, 15) is 20.4 Å². The molecule has 1 heterocycles. The maximum absolute atomic E-state index is 10.4. The minimum absolute atomic E-state index is 0.0988. The van der Waals surface area contributed by atoms with Crippen LogP contribution < -0.4 is 0 Å². The van der Waals surface area contributed by atoms with Crippen molar-refractivity contribution in [2.45, 2.75) is 18.9 Å². The summed E-state index contributed by atoms with van der Waals surface area (Å²) < 4.78 is 0. The molecule has 2 aromatic rings. The van der Waals surface area contributed by atoms with E-state index >= 15 is 0 Å². The van der Waals surface area contributed by atoms with Crippen molar-refractivity contribution in [2.24, 2.45) is 0 Å². The highest BCUT2D eigenvalue weighted by Crippen LogP contribution is 2.55. The summed E-state index contributed by atoms with van der Waals surface area (Å²) in [5.74, 6) is -0.890. The quantitative estimate of drug-likeness (QED) is 0.561. The molecular weight excluding hydrogens is 282 g/mol. The Labute approximate surface area is 127 Å². The molecule has 0 aromatic heterocycles. The molecule has 0 amide bonds. The Hall–Kier alpha value is -2.40. The number of fused-ring (bicyclic) bond motifs is 2. The zero-order chi connectivity index (χ0) is 15.6. The molecular formula is C17H17NO4. The van der Waals surface area contributed by atoms with Crippen LogP contribution in [0.2, 0.25) is 0 Å². The first-order chi connectivity index (χ1) is 10.5. The first kappa shape index (κ1) is 13.3. The third kappa shape index (κ3) is 1.57. The predicted molar refractivity (Wildman–Crippen MR) is 81.3 cm³/mol. The molecule has 0 fully saturated rings. The summed E-state index contributed by atoms with van der Waals surface area (Å²) in [5, 5.41) is 40.5. The molecule has 0 saturated heterocycles. The van der Waals surface area contributed by atoms with Crippen LogP contribution in [-0.4, -0.2) is 38.9 Å². The number of benzene rings is 2. The summed E-state index contributed by atoms with van der Waals surface area (Å²) in [6.07, 6.45) is 1.47. The molecule has 2 aromatic carbocycles. The SMILES string of the molecule is CN1CCc2cc(O)c(O)c3c2C1Cc1ccc(O)c(O)c1-3. The van der Waals surface area contributed by atoms with E-state index in [4.69, 9.17) is 0 Å². The molecule has 0 bridgehead atoms. The smallest absolute Gasteiger partial charge is 0.165 e. The van der Waals surface area contributed by atoms with Crippen LogP contribution in [0.3, 0.4) is 0 Å². The molecule has 0 spiro atoms. The van der Waals surface area contributed by atoms with Crippen LogP contribution in [0.15, 0.2) is 18.2 Å². The van der Waals surface area contributed by atoms with E-state index in [2.05, 4.69) is 4.90 Å². The van der Waals surface area contributed by atoms with Crippen LogP contribution in [-0.2, 0) is 12.8 Å². The first-order valence-electron chi connectivity index (χ1n) is 7.31. The van der Waals surface area contributed by atoms with E-state index in [1.165, 1.54) is 6.07 Å². The summed E-state index contributed by atoms with van der Waals surface area (Å²) in [4.78, 5) is 2.22. The van der Waals surface area contributed by atoms with Crippen LogP contribution in [0.1, 0.15) is 22.7 Å². The molecule has 4 N–H and O–H groups in total. The maximum Gasteiger partial charge on any atom is 0.165 e. The van der Waals surface area contributed by atoms with Gasteiger partial charge in [0.1, 0.15) is 0 Å². The molecule has 114 valence electrons. The Morgan fingerprint density at radius 3 is 2.45 bits per heavy atom. The van der Waals surface area contributed by atoms with Gasteiger partial charge in [-0.05, 0) is 48.7 Å². The number of rotatable bonds is 0. The molecule has 4 rings (SSSR count). The van der Waals surface area contributed by atoms with E-state index < -0.39 is 0 Å². The Kier molecular flexibility index (Phi) is 2.60. The fourth-order valence-corrected chi connectivity index (χ4v) is 3.78. The van der Waals surface area contributed by atoms with Crippen molar-refractivity contribution in [1.82, 2.24) is 4.90 Å². The summed E-state index contributed by atoms with van der Waals surface area (Å²) in [5.41, 5.74) is 3.66. The normalized spacial score (nSPS) is 19.6. The van der Waals surface area contributed by atoms with Gasteiger partial charge >= 0.3 is 0 Å². The number of nitrogens with zero attached hydrogens (tertiary/aromatic N) is 1. The molecule has 1 aliphatic heterocycles. The largest absolute Gasteiger partial charge is 0.504 e. The van der Waals surface area contributed by atoms with Crippen molar-refractivity contribution < 1.29 is 20.4 Å². The van der Waals surface area contributed by atoms with Gasteiger partial charge in [-0.25, -0.2) is 0 Å². The molecule has 0 radical (unpaired) electrons. The maximum atomic E-state index is 10.4. The van der Waals surface area contributed by atoms with Gasteiger partial charge in [0.25, 0.3) is 0 Å². The van der Waals surface area contributed by atoms with Crippen LogP contribution in [0.25, 0.3) is 11.1 Å². The zero-order valence-corrected chi connectivity index (χ0v) is 12.2. The zero-order valence-electron chi connectivity index (χ0n) is 12.2. The predicted octanol–water partition coefficient (Wildman–Crippen LogP) is 2.26. The summed E-state index contributed by atoms with van der Waals surface area (Å²) in [6, 6.07) is 4.93. The standard InChI is InChI=1S/C17H17NO4/c1-18-5-4-9-7-12(20)17(22)15-13(9)10(18)6-8-2-3-11(19)16(21)14(8)15/h2-3,7,10,19-22H,4-6H2,1H3. The van der Waals surface area contributed by atoms with E-state index in [0.717, 1.165) is 29.7 Å². The lowest BCUT2D eigenvalue weighted by molar-refractivity contribution is 0.226. The first-order valence-corrected chi connectivity index (χ1v) is 7.31. The molecule has 1 aliphatic carbocycles. The average molecular weight is 299 g/mol. The lowest BCUT2D eigenvalue weighted by Gasteiger charge is -2.40. The van der Waals surface area contributed by atoms with Gasteiger partial charge in [-0.3, -0.25) is 4.90 Å². The van der Waals surface area contributed by atoms with Crippen molar-refractivity contribution in [1.29, 1.82) is 0 Å². The number of phenols is 4.